The van der Waals surface area contributed by atoms with E-state index in [1.54, 1.807) is 12.1 Å². The second-order valence-corrected chi connectivity index (χ2v) is 7.70. The maximum Gasteiger partial charge on any atom is 0.422 e. The summed E-state index contributed by atoms with van der Waals surface area (Å²) in [6, 6.07) is 2.93. The third-order valence-corrected chi connectivity index (χ3v) is 4.60. The highest BCUT2D eigenvalue weighted by molar-refractivity contribution is 6.32. The number of rotatable bonds is 5. The second kappa shape index (κ2) is 13.6. The molecule has 1 aromatic rings. The minimum Gasteiger partial charge on any atom is -0.478 e. The molecule has 0 aromatic carbocycles. The number of piperidine rings is 1. The molecule has 2 atom stereocenters. The summed E-state index contributed by atoms with van der Waals surface area (Å²) in [4.78, 5) is 49.0. The molecular weight excluding hydrogens is 522 g/mol. The van der Waals surface area contributed by atoms with Crippen LogP contribution in [0.3, 0.4) is 0 Å². The molecule has 1 aliphatic heterocycles. The number of ether oxygens (including phenoxy) is 3. The van der Waals surface area contributed by atoms with E-state index >= 15 is 0 Å². The first-order valence-corrected chi connectivity index (χ1v) is 10.6. The molecule has 0 radical (unpaired) electrons. The lowest BCUT2D eigenvalue weighted by molar-refractivity contribution is -0.190. The topological polar surface area (TPSA) is 132 Å². The first-order chi connectivity index (χ1) is 17.0. The molecule has 0 aliphatic carbocycles. The second-order valence-electron chi connectivity index (χ2n) is 7.70. The average Bonchev–Trinajstić information content (AvgIpc) is 2.80. The molecule has 2 rings (SSSR count). The van der Waals surface area contributed by atoms with Gasteiger partial charge in [0.2, 0.25) is 5.88 Å². The smallest absolute Gasteiger partial charge is 0.422 e. The molecule has 37 heavy (non-hydrogen) atoms. The molecule has 1 N–H and O–H groups in total. The Labute approximate surface area is 206 Å². The van der Waals surface area contributed by atoms with E-state index in [1.165, 1.54) is 11.1 Å². The van der Waals surface area contributed by atoms with Crippen LogP contribution < -0.4 is 4.74 Å². The summed E-state index contributed by atoms with van der Waals surface area (Å²) in [5.74, 6) is -6.02. The van der Waals surface area contributed by atoms with Gasteiger partial charge in [0.05, 0.1) is 12.6 Å². The predicted molar refractivity (Wildman–Crippen MR) is 110 cm³/mol. The number of pyridine rings is 1. The number of carbonyl (C=O) groups excluding carboxylic acids is 3. The van der Waals surface area contributed by atoms with Gasteiger partial charge in [-0.25, -0.2) is 19.4 Å². The number of carboxylic acid groups (broad SMARTS) is 1. The quantitative estimate of drug-likeness (QED) is 0.336. The largest absolute Gasteiger partial charge is 0.478 e. The normalized spacial score (nSPS) is 17.7. The van der Waals surface area contributed by atoms with Crippen LogP contribution >= 0.6 is 0 Å². The van der Waals surface area contributed by atoms with E-state index in [9.17, 15) is 45.5 Å². The van der Waals surface area contributed by atoms with Gasteiger partial charge in [0.15, 0.2) is 13.2 Å². The number of hydrogen-bond donors (Lipinski definition) is 1. The molecular formula is C21H24F6N2O8. The Morgan fingerprint density at radius 1 is 1.03 bits per heavy atom. The number of nitrogens with zero attached hydrogens (tertiary/aromatic N) is 2. The van der Waals surface area contributed by atoms with Crippen molar-refractivity contribution in [3.05, 3.63) is 23.9 Å². The zero-order valence-electron chi connectivity index (χ0n) is 19.6. The fraction of sp³-hybridized carbons (Fsp3) is 0.571. The van der Waals surface area contributed by atoms with Gasteiger partial charge in [-0.05, 0) is 37.3 Å². The molecule has 2 heterocycles. The maximum absolute atomic E-state index is 12.4. The zero-order chi connectivity index (χ0) is 28.4. The molecule has 0 spiro atoms. The summed E-state index contributed by atoms with van der Waals surface area (Å²) < 4.78 is 83.0. The monoisotopic (exact) mass is 546 g/mol. The van der Waals surface area contributed by atoms with Crippen molar-refractivity contribution in [1.82, 2.24) is 9.88 Å². The number of aliphatic carboxylic acids is 1. The van der Waals surface area contributed by atoms with Gasteiger partial charge in [-0.2, -0.15) is 26.3 Å². The van der Waals surface area contributed by atoms with Gasteiger partial charge in [-0.1, -0.05) is 6.92 Å². The Morgan fingerprint density at radius 2 is 1.59 bits per heavy atom. The number of carbonyl (C=O) groups is 4. The number of carboxylic acids is 1. The van der Waals surface area contributed by atoms with Crippen LogP contribution in [0.2, 0.25) is 0 Å². The van der Waals surface area contributed by atoms with Crippen LogP contribution in [0, 0.1) is 5.92 Å². The molecule has 2 unspecified atom stereocenters. The summed E-state index contributed by atoms with van der Waals surface area (Å²) in [5.41, 5.74) is 0.715. The van der Waals surface area contributed by atoms with Crippen molar-refractivity contribution in [2.45, 2.75) is 45.1 Å². The highest BCUT2D eigenvalue weighted by Crippen LogP contribution is 2.34. The third kappa shape index (κ3) is 11.8. The fourth-order valence-electron chi connectivity index (χ4n) is 3.12. The van der Waals surface area contributed by atoms with Crippen LogP contribution in [0.25, 0.3) is 0 Å². The number of likely N-dealkylation sites (tertiary alicyclic amines) is 1. The van der Waals surface area contributed by atoms with Crippen LogP contribution in [-0.2, 0) is 28.7 Å². The number of esters is 2. The van der Waals surface area contributed by atoms with E-state index in [4.69, 9.17) is 9.84 Å². The van der Waals surface area contributed by atoms with Gasteiger partial charge in [-0.15, -0.1) is 0 Å². The number of amides is 1. The summed E-state index contributed by atoms with van der Waals surface area (Å²) in [6.45, 7) is 0.744. The Morgan fingerprint density at radius 3 is 2.11 bits per heavy atom. The summed E-state index contributed by atoms with van der Waals surface area (Å²) in [7, 11) is 0. The SMILES string of the molecule is CCOc1cc(C2CCC(C)CN2C(=O)C(=O)OCC(F)(F)F)ccn1.O=C(O)C(=O)OCC(F)(F)F. The molecule has 1 aromatic heterocycles. The molecule has 208 valence electrons. The van der Waals surface area contributed by atoms with Crippen molar-refractivity contribution < 1.29 is 64.8 Å². The minimum atomic E-state index is -4.69. The van der Waals surface area contributed by atoms with Crippen molar-refractivity contribution >= 4 is 23.8 Å². The van der Waals surface area contributed by atoms with E-state index in [1.807, 2.05) is 13.8 Å². The Balaban J connectivity index is 0.000000525. The van der Waals surface area contributed by atoms with Gasteiger partial charge >= 0.3 is 36.2 Å². The van der Waals surface area contributed by atoms with E-state index in [0.29, 0.717) is 24.5 Å². The maximum atomic E-state index is 12.4. The molecule has 1 fully saturated rings. The molecule has 1 aliphatic rings. The summed E-state index contributed by atoms with van der Waals surface area (Å²) in [6.07, 6.45) is -6.44. The highest BCUT2D eigenvalue weighted by atomic mass is 19.4. The lowest BCUT2D eigenvalue weighted by Crippen LogP contribution is -2.45. The first-order valence-electron chi connectivity index (χ1n) is 10.6. The lowest BCUT2D eigenvalue weighted by Gasteiger charge is -2.38. The van der Waals surface area contributed by atoms with Gasteiger partial charge in [0.25, 0.3) is 0 Å². The van der Waals surface area contributed by atoms with Crippen molar-refractivity contribution in [1.29, 1.82) is 0 Å². The molecule has 0 saturated carbocycles. The Bertz CT molecular complexity index is 954. The van der Waals surface area contributed by atoms with Crippen molar-refractivity contribution in [2.75, 3.05) is 26.4 Å². The molecule has 1 saturated heterocycles. The standard InChI is InChI=1S/C17H21F3N2O4.C4H3F3O4/c1-3-25-14-8-12(6-7-21-14)13-5-4-11(2)9-22(13)15(23)16(24)26-10-17(18,19)20;5-4(6,7)1-11-3(10)2(8)9/h6-8,11,13H,3-5,9-10H2,1-2H3;1H2,(H,8,9). The van der Waals surface area contributed by atoms with E-state index in [2.05, 4.69) is 14.5 Å². The van der Waals surface area contributed by atoms with Crippen LogP contribution in [0.1, 0.15) is 38.3 Å². The van der Waals surface area contributed by atoms with Gasteiger partial charge in [0, 0.05) is 18.8 Å². The Kier molecular flexibility index (Phi) is 11.6. The van der Waals surface area contributed by atoms with Gasteiger partial charge in [0.1, 0.15) is 0 Å². The van der Waals surface area contributed by atoms with Gasteiger partial charge < -0.3 is 24.2 Å². The van der Waals surface area contributed by atoms with Crippen LogP contribution in [0.4, 0.5) is 26.3 Å². The number of hydrogen-bond acceptors (Lipinski definition) is 8. The number of aromatic nitrogens is 1. The van der Waals surface area contributed by atoms with E-state index in [-0.39, 0.29) is 12.5 Å². The van der Waals surface area contributed by atoms with Crippen molar-refractivity contribution in [2.24, 2.45) is 5.92 Å². The van der Waals surface area contributed by atoms with Crippen LogP contribution in [-0.4, -0.2) is 77.5 Å². The highest BCUT2D eigenvalue weighted by Gasteiger charge is 2.37. The van der Waals surface area contributed by atoms with Crippen molar-refractivity contribution in [3.63, 3.8) is 0 Å². The molecule has 1 amide bonds. The molecule has 16 heteroatoms. The van der Waals surface area contributed by atoms with Crippen molar-refractivity contribution in [3.8, 4) is 5.88 Å². The predicted octanol–water partition coefficient (Wildman–Crippen LogP) is 3.06. The Hall–Kier alpha value is -3.59. The molecule has 0 bridgehead atoms. The summed E-state index contributed by atoms with van der Waals surface area (Å²) in [5, 5.41) is 7.74. The van der Waals surface area contributed by atoms with Crippen LogP contribution in [0.15, 0.2) is 18.3 Å². The van der Waals surface area contributed by atoms with Crippen LogP contribution in [0.5, 0.6) is 5.88 Å². The van der Waals surface area contributed by atoms with E-state index < -0.39 is 55.4 Å². The zero-order valence-corrected chi connectivity index (χ0v) is 19.6. The third-order valence-electron chi connectivity index (χ3n) is 4.60. The number of alkyl halides is 6. The minimum absolute atomic E-state index is 0.124. The summed E-state index contributed by atoms with van der Waals surface area (Å²) >= 11 is 0. The molecule has 10 nitrogen and oxygen atoms in total. The van der Waals surface area contributed by atoms with E-state index in [0.717, 1.165) is 6.42 Å². The first kappa shape index (κ1) is 31.4. The van der Waals surface area contributed by atoms with Gasteiger partial charge in [-0.3, -0.25) is 4.79 Å². The fourth-order valence-corrected chi connectivity index (χ4v) is 3.12. The lowest BCUT2D eigenvalue weighted by atomic mass is 9.90. The average molecular weight is 546 g/mol. The number of halogens is 6.